The average Bonchev–Trinajstić information content (AvgIpc) is 3.11. The van der Waals surface area contributed by atoms with Gasteiger partial charge in [0.2, 0.25) is 11.8 Å². The maximum absolute atomic E-state index is 12.6. The predicted molar refractivity (Wildman–Crippen MR) is 85.0 cm³/mol. The Kier molecular flexibility index (Phi) is 4.11. The van der Waals surface area contributed by atoms with E-state index >= 15 is 0 Å². The molecule has 122 valence electrons. The lowest BCUT2D eigenvalue weighted by atomic mass is 10.0. The van der Waals surface area contributed by atoms with Crippen molar-refractivity contribution in [3.8, 4) is 0 Å². The second-order valence-electron chi connectivity index (χ2n) is 6.29. The molecule has 23 heavy (non-hydrogen) atoms. The molecule has 1 saturated carbocycles. The summed E-state index contributed by atoms with van der Waals surface area (Å²) in [6, 6.07) is 0.140. The Morgan fingerprint density at radius 2 is 2.26 bits per heavy atom. The van der Waals surface area contributed by atoms with Gasteiger partial charge in [0.05, 0.1) is 6.04 Å². The third-order valence-corrected chi connectivity index (χ3v) is 5.42. The summed E-state index contributed by atoms with van der Waals surface area (Å²) in [7, 11) is 0. The van der Waals surface area contributed by atoms with Gasteiger partial charge in [-0.15, -0.1) is 11.3 Å². The van der Waals surface area contributed by atoms with E-state index in [-0.39, 0.29) is 11.9 Å². The van der Waals surface area contributed by atoms with Crippen molar-refractivity contribution in [1.82, 2.24) is 20.0 Å². The van der Waals surface area contributed by atoms with Gasteiger partial charge >= 0.3 is 0 Å². The van der Waals surface area contributed by atoms with E-state index in [1.54, 1.807) is 11.3 Å². The van der Waals surface area contributed by atoms with Gasteiger partial charge in [-0.1, -0.05) is 5.16 Å². The fraction of sp³-hybridized carbons (Fsp3) is 0.625. The largest absolute Gasteiger partial charge is 0.339 e. The molecular weight excluding hydrogens is 312 g/mol. The molecule has 0 bridgehead atoms. The molecule has 2 aromatic rings. The predicted octanol–water partition coefficient (Wildman–Crippen LogP) is 3.09. The zero-order valence-corrected chi connectivity index (χ0v) is 13.8. The van der Waals surface area contributed by atoms with Crippen molar-refractivity contribution in [3.05, 3.63) is 28.3 Å². The van der Waals surface area contributed by atoms with Crippen molar-refractivity contribution >= 4 is 17.2 Å². The number of carbonyl (C=O) groups is 1. The summed E-state index contributed by atoms with van der Waals surface area (Å²) in [6.45, 7) is 0.820. The van der Waals surface area contributed by atoms with Crippen LogP contribution in [-0.2, 0) is 11.2 Å². The molecule has 0 N–H and O–H groups in total. The Morgan fingerprint density at radius 1 is 1.35 bits per heavy atom. The third-order valence-electron chi connectivity index (χ3n) is 4.54. The van der Waals surface area contributed by atoms with Crippen LogP contribution in [0.15, 0.2) is 16.1 Å². The van der Waals surface area contributed by atoms with E-state index < -0.39 is 0 Å². The van der Waals surface area contributed by atoms with Crippen LogP contribution in [0, 0.1) is 0 Å². The van der Waals surface area contributed by atoms with Crippen LogP contribution in [0.25, 0.3) is 0 Å². The topological polar surface area (TPSA) is 72.1 Å². The van der Waals surface area contributed by atoms with Crippen molar-refractivity contribution < 1.29 is 9.32 Å². The minimum absolute atomic E-state index is 0.140. The van der Waals surface area contributed by atoms with Crippen molar-refractivity contribution in [2.45, 2.75) is 56.9 Å². The lowest BCUT2D eigenvalue weighted by molar-refractivity contribution is -0.135. The van der Waals surface area contributed by atoms with E-state index in [0.29, 0.717) is 24.7 Å². The summed E-state index contributed by atoms with van der Waals surface area (Å²) in [4.78, 5) is 23.4. The van der Waals surface area contributed by atoms with Gasteiger partial charge in [0.15, 0.2) is 5.82 Å². The molecular formula is C16H20N4O2S. The van der Waals surface area contributed by atoms with Gasteiger partial charge in [0.1, 0.15) is 5.01 Å². The number of nitrogens with zero attached hydrogens (tertiary/aromatic N) is 4. The molecule has 1 saturated heterocycles. The number of thiazole rings is 1. The number of carbonyl (C=O) groups excluding carboxylic acids is 1. The lowest BCUT2D eigenvalue weighted by Gasteiger charge is -2.34. The normalized spacial score (nSPS) is 21.6. The maximum Gasteiger partial charge on any atom is 0.227 e. The fourth-order valence-electron chi connectivity index (χ4n) is 3.12. The highest BCUT2D eigenvalue weighted by Crippen LogP contribution is 2.38. The van der Waals surface area contributed by atoms with Gasteiger partial charge in [0.25, 0.3) is 0 Å². The highest BCUT2D eigenvalue weighted by atomic mass is 32.1. The Bertz CT molecular complexity index is 665. The average molecular weight is 332 g/mol. The molecule has 0 radical (unpaired) electrons. The van der Waals surface area contributed by atoms with Crippen LogP contribution < -0.4 is 0 Å². The van der Waals surface area contributed by atoms with Crippen LogP contribution >= 0.6 is 11.3 Å². The van der Waals surface area contributed by atoms with Gasteiger partial charge < -0.3 is 9.42 Å². The van der Waals surface area contributed by atoms with Crippen molar-refractivity contribution in [1.29, 1.82) is 0 Å². The Balaban J connectivity index is 1.38. The van der Waals surface area contributed by atoms with Gasteiger partial charge in [-0.25, -0.2) is 4.98 Å². The van der Waals surface area contributed by atoms with E-state index in [4.69, 9.17) is 4.52 Å². The molecule has 1 amide bonds. The smallest absolute Gasteiger partial charge is 0.227 e. The first kappa shape index (κ1) is 14.8. The molecule has 3 heterocycles. The van der Waals surface area contributed by atoms with Gasteiger partial charge in [0, 0.05) is 36.9 Å². The monoisotopic (exact) mass is 332 g/mol. The number of aromatic nitrogens is 3. The standard InChI is InChI=1S/C16H20N4O2S/c21-14(7-6-13-18-15(19-22-13)11-4-5-11)20-9-2-1-3-12(20)16-17-8-10-23-16/h8,10-12H,1-7,9H2/t12-/m1/s1. The Morgan fingerprint density at radius 3 is 3.04 bits per heavy atom. The molecule has 4 rings (SSSR count). The highest BCUT2D eigenvalue weighted by Gasteiger charge is 2.31. The second-order valence-corrected chi connectivity index (χ2v) is 7.22. The molecule has 0 aromatic carbocycles. The quantitative estimate of drug-likeness (QED) is 0.841. The number of piperidine rings is 1. The van der Waals surface area contributed by atoms with Gasteiger partial charge in [-0.05, 0) is 32.1 Å². The molecule has 1 atom stereocenters. The number of aryl methyl sites for hydroxylation is 1. The van der Waals surface area contributed by atoms with Gasteiger partial charge in [-0.3, -0.25) is 4.79 Å². The van der Waals surface area contributed by atoms with E-state index in [2.05, 4.69) is 15.1 Å². The third kappa shape index (κ3) is 3.29. The summed E-state index contributed by atoms with van der Waals surface area (Å²) in [5, 5.41) is 7.03. The summed E-state index contributed by atoms with van der Waals surface area (Å²) in [5.41, 5.74) is 0. The number of hydrogen-bond donors (Lipinski definition) is 0. The lowest BCUT2D eigenvalue weighted by Crippen LogP contribution is -2.38. The molecule has 1 aliphatic carbocycles. The molecule has 0 unspecified atom stereocenters. The highest BCUT2D eigenvalue weighted by molar-refractivity contribution is 7.09. The molecule has 2 aromatic heterocycles. The van der Waals surface area contributed by atoms with E-state index in [0.717, 1.165) is 49.5 Å². The Labute approximate surface area is 138 Å². The van der Waals surface area contributed by atoms with Crippen LogP contribution in [0.2, 0.25) is 0 Å². The van der Waals surface area contributed by atoms with E-state index in [9.17, 15) is 4.79 Å². The number of rotatable bonds is 5. The van der Waals surface area contributed by atoms with E-state index in [1.165, 1.54) is 0 Å². The van der Waals surface area contributed by atoms with Gasteiger partial charge in [-0.2, -0.15) is 4.98 Å². The first-order valence-electron chi connectivity index (χ1n) is 8.32. The zero-order valence-electron chi connectivity index (χ0n) is 13.0. The summed E-state index contributed by atoms with van der Waals surface area (Å²) in [6.07, 6.45) is 8.30. The maximum atomic E-state index is 12.6. The van der Waals surface area contributed by atoms with Crippen molar-refractivity contribution in [2.75, 3.05) is 6.54 Å². The second kappa shape index (κ2) is 6.39. The summed E-state index contributed by atoms with van der Waals surface area (Å²) >= 11 is 1.63. The molecule has 7 heteroatoms. The molecule has 1 aliphatic heterocycles. The molecule has 2 aliphatic rings. The van der Waals surface area contributed by atoms with E-state index in [1.807, 2.05) is 16.5 Å². The SMILES string of the molecule is O=C(CCc1nc(C2CC2)no1)N1CCCC[C@@H]1c1nccs1. The zero-order chi connectivity index (χ0) is 15.6. The molecule has 2 fully saturated rings. The summed E-state index contributed by atoms with van der Waals surface area (Å²) < 4.78 is 5.26. The minimum atomic E-state index is 0.140. The van der Waals surface area contributed by atoms with Crippen LogP contribution in [0.4, 0.5) is 0 Å². The molecule has 6 nitrogen and oxygen atoms in total. The molecule has 0 spiro atoms. The van der Waals surface area contributed by atoms with Crippen LogP contribution in [0.1, 0.15) is 67.2 Å². The number of hydrogen-bond acceptors (Lipinski definition) is 6. The van der Waals surface area contributed by atoms with Crippen LogP contribution in [0.5, 0.6) is 0 Å². The first-order chi connectivity index (χ1) is 11.3. The fourth-order valence-corrected chi connectivity index (χ4v) is 3.91. The summed E-state index contributed by atoms with van der Waals surface area (Å²) in [5.74, 6) is 2.05. The Hall–Kier alpha value is -1.76. The number of likely N-dealkylation sites (tertiary alicyclic amines) is 1. The van der Waals surface area contributed by atoms with Crippen molar-refractivity contribution in [2.24, 2.45) is 0 Å². The van der Waals surface area contributed by atoms with Crippen LogP contribution in [-0.4, -0.2) is 32.5 Å². The van der Waals surface area contributed by atoms with Crippen molar-refractivity contribution in [3.63, 3.8) is 0 Å². The number of amides is 1. The first-order valence-corrected chi connectivity index (χ1v) is 9.20. The minimum Gasteiger partial charge on any atom is -0.339 e. The van der Waals surface area contributed by atoms with Crippen LogP contribution in [0.3, 0.4) is 0 Å².